The van der Waals surface area contributed by atoms with Gasteiger partial charge >= 0.3 is 11.9 Å². The molecule has 0 bridgehead atoms. The van der Waals surface area contributed by atoms with Crippen LogP contribution in [0.5, 0.6) is 11.5 Å². The number of nitriles is 2. The summed E-state index contributed by atoms with van der Waals surface area (Å²) in [5.74, 6) is -2.70. The SMILES string of the molecule is [C-]#[N+]/C(C#N)=c1/cc(OCCOC(=O)c2ccccc2S(=O)(=O)[O-])/c(=C(\C#N)[N+]#[C-])cc1OCCOC(=O)c1ccccc1S(=O)(=O)O. The van der Waals surface area contributed by atoms with E-state index in [0.29, 0.717) is 0 Å². The molecule has 0 heterocycles. The monoisotopic (exact) mass is 691 g/mol. The van der Waals surface area contributed by atoms with Crippen molar-refractivity contribution in [1.29, 1.82) is 10.5 Å². The fourth-order valence-corrected chi connectivity index (χ4v) is 5.25. The van der Waals surface area contributed by atoms with Gasteiger partial charge in [0.25, 0.3) is 21.5 Å². The van der Waals surface area contributed by atoms with Gasteiger partial charge in [-0.3, -0.25) is 4.55 Å². The van der Waals surface area contributed by atoms with Crippen molar-refractivity contribution in [3.8, 4) is 23.6 Å². The Balaban J connectivity index is 1.86. The summed E-state index contributed by atoms with van der Waals surface area (Å²) in [7, 11) is -9.74. The summed E-state index contributed by atoms with van der Waals surface area (Å²) in [6.45, 7) is 12.9. The van der Waals surface area contributed by atoms with Crippen LogP contribution in [0, 0.1) is 35.8 Å². The number of hydrogen-bond acceptors (Lipinski definition) is 13. The second-order valence-electron chi connectivity index (χ2n) is 8.88. The maximum Gasteiger partial charge on any atom is 0.339 e. The molecule has 244 valence electrons. The molecule has 0 aliphatic rings. The van der Waals surface area contributed by atoms with Crippen LogP contribution < -0.4 is 19.9 Å². The molecule has 0 saturated carbocycles. The lowest BCUT2D eigenvalue weighted by molar-refractivity contribution is 0.0435. The molecule has 0 aliphatic carbocycles. The maximum absolute atomic E-state index is 12.5. The molecular weight excluding hydrogens is 672 g/mol. The minimum absolute atomic E-state index is 0.164. The predicted molar refractivity (Wildman–Crippen MR) is 159 cm³/mol. The standard InChI is InChI=1S/C30H20N4O12S2/c1-33-23(17-31)21-15-26(44-12-14-46-30(36)20-8-4-6-10-28(20)48(40,41)42)22(24(18-32)34-2)16-25(21)43-11-13-45-29(35)19-7-3-5-9-27(19)47(37,38)39/h3-10,15-16H,11-14H2,(H,37,38,39)(H,40,41,42)/p-1/b23-21-,24-22+. The van der Waals surface area contributed by atoms with E-state index in [1.165, 1.54) is 24.3 Å². The third-order valence-corrected chi connectivity index (χ3v) is 7.74. The van der Waals surface area contributed by atoms with Gasteiger partial charge < -0.3 is 23.5 Å². The molecule has 0 amide bonds. The third kappa shape index (κ3) is 8.92. The molecule has 0 unspecified atom stereocenters. The Hall–Kier alpha value is -6.28. The second kappa shape index (κ2) is 15.8. The van der Waals surface area contributed by atoms with Crippen molar-refractivity contribution in [3.63, 3.8) is 0 Å². The quantitative estimate of drug-likeness (QED) is 0.122. The van der Waals surface area contributed by atoms with Gasteiger partial charge in [0.15, 0.2) is 0 Å². The molecule has 16 nitrogen and oxygen atoms in total. The number of carbonyl (C=O) groups excluding carboxylic acids is 2. The highest BCUT2D eigenvalue weighted by molar-refractivity contribution is 7.86. The van der Waals surface area contributed by atoms with E-state index in [4.69, 9.17) is 32.1 Å². The Morgan fingerprint density at radius 3 is 1.50 bits per heavy atom. The van der Waals surface area contributed by atoms with Crippen LogP contribution in [0.15, 0.2) is 70.5 Å². The Labute approximate surface area is 273 Å². The average Bonchev–Trinajstić information content (AvgIpc) is 3.06. The highest BCUT2D eigenvalue weighted by atomic mass is 32.2. The van der Waals surface area contributed by atoms with E-state index in [9.17, 15) is 46.1 Å². The third-order valence-electron chi connectivity index (χ3n) is 5.94. The normalized spacial score (nSPS) is 12.1. The number of hydrogen-bond donors (Lipinski definition) is 1. The fourth-order valence-electron chi connectivity index (χ4n) is 3.90. The number of rotatable bonds is 12. The molecule has 1 N–H and O–H groups in total. The van der Waals surface area contributed by atoms with Crippen molar-refractivity contribution >= 4 is 43.6 Å². The van der Waals surface area contributed by atoms with E-state index in [1.54, 1.807) is 12.1 Å². The molecule has 0 spiro atoms. The first-order valence-electron chi connectivity index (χ1n) is 13.0. The summed E-state index contributed by atoms with van der Waals surface area (Å²) in [6, 6.07) is 14.8. The zero-order valence-electron chi connectivity index (χ0n) is 24.1. The van der Waals surface area contributed by atoms with Crippen LogP contribution in [0.1, 0.15) is 20.7 Å². The highest BCUT2D eigenvalue weighted by Crippen LogP contribution is 2.18. The predicted octanol–water partition coefficient (Wildman–Crippen LogP) is 1.41. The molecule has 48 heavy (non-hydrogen) atoms. The van der Waals surface area contributed by atoms with Gasteiger partial charge in [0, 0.05) is 10.4 Å². The topological polar surface area (TPSA) is 239 Å². The fraction of sp³-hybridized carbons (Fsp3) is 0.133. The van der Waals surface area contributed by atoms with E-state index >= 15 is 0 Å². The van der Waals surface area contributed by atoms with Crippen LogP contribution in [0.25, 0.3) is 21.1 Å². The Morgan fingerprint density at radius 2 is 1.12 bits per heavy atom. The zero-order valence-corrected chi connectivity index (χ0v) is 25.8. The van der Waals surface area contributed by atoms with Gasteiger partial charge in [0.1, 0.15) is 52.9 Å². The number of ether oxygens (including phenoxy) is 4. The lowest BCUT2D eigenvalue weighted by atomic mass is 10.1. The van der Waals surface area contributed by atoms with Crippen molar-refractivity contribution in [2.24, 2.45) is 0 Å². The van der Waals surface area contributed by atoms with Crippen molar-refractivity contribution in [3.05, 3.63) is 105 Å². The van der Waals surface area contributed by atoms with Crippen LogP contribution in [-0.2, 0) is 29.7 Å². The Bertz CT molecular complexity index is 2100. The number of benzene rings is 3. The number of esters is 2. The van der Waals surface area contributed by atoms with Gasteiger partial charge in [0.2, 0.25) is 0 Å². The van der Waals surface area contributed by atoms with Crippen LogP contribution >= 0.6 is 0 Å². The highest BCUT2D eigenvalue weighted by Gasteiger charge is 2.21. The molecule has 0 saturated heterocycles. The van der Waals surface area contributed by atoms with Crippen LogP contribution in [0.3, 0.4) is 0 Å². The van der Waals surface area contributed by atoms with Gasteiger partial charge in [-0.25, -0.2) is 38.2 Å². The summed E-state index contributed by atoms with van der Waals surface area (Å²) in [5, 5.41) is 18.7. The molecule has 18 heteroatoms. The molecular formula is C30H19N4O12S2-. The first kappa shape index (κ1) is 36.2. The Morgan fingerprint density at radius 1 is 0.729 bits per heavy atom. The molecule has 3 aromatic carbocycles. The van der Waals surface area contributed by atoms with Gasteiger partial charge in [-0.05, 0) is 36.4 Å². The molecule has 3 rings (SSSR count). The van der Waals surface area contributed by atoms with Crippen LogP contribution in [0.2, 0.25) is 0 Å². The molecule has 0 radical (unpaired) electrons. The van der Waals surface area contributed by atoms with Crippen molar-refractivity contribution in [2.45, 2.75) is 9.79 Å². The lowest BCUT2D eigenvalue weighted by Crippen LogP contribution is -2.23. The summed E-state index contributed by atoms with van der Waals surface area (Å²) in [5.41, 5.74) is -1.98. The largest absolute Gasteiger partial charge is 0.744 e. The van der Waals surface area contributed by atoms with Crippen molar-refractivity contribution in [1.82, 2.24) is 0 Å². The molecule has 3 aromatic rings. The molecule has 0 atom stereocenters. The minimum Gasteiger partial charge on any atom is -0.744 e. The average molecular weight is 692 g/mol. The Kier molecular flexibility index (Phi) is 11.9. The van der Waals surface area contributed by atoms with Gasteiger partial charge in [0.05, 0.1) is 41.3 Å². The second-order valence-corrected chi connectivity index (χ2v) is 11.6. The van der Waals surface area contributed by atoms with E-state index in [-0.39, 0.29) is 21.9 Å². The minimum atomic E-state index is -4.99. The van der Waals surface area contributed by atoms with E-state index < -0.39 is 90.9 Å². The van der Waals surface area contributed by atoms with E-state index in [0.717, 1.165) is 36.4 Å². The summed E-state index contributed by atoms with van der Waals surface area (Å²) in [4.78, 5) is 29.7. The van der Waals surface area contributed by atoms with Crippen LogP contribution in [0.4, 0.5) is 0 Å². The van der Waals surface area contributed by atoms with Gasteiger partial charge in [-0.2, -0.15) is 8.42 Å². The van der Waals surface area contributed by atoms with E-state index in [2.05, 4.69) is 9.69 Å². The smallest absolute Gasteiger partial charge is 0.339 e. The first-order valence-corrected chi connectivity index (χ1v) is 15.8. The first-order chi connectivity index (χ1) is 22.8. The molecule has 0 aromatic heterocycles. The van der Waals surface area contributed by atoms with Crippen LogP contribution in [-0.4, -0.2) is 64.3 Å². The van der Waals surface area contributed by atoms with Gasteiger partial charge in [-0.1, -0.05) is 24.3 Å². The zero-order chi connectivity index (χ0) is 35.5. The number of carbonyl (C=O) groups is 2. The van der Waals surface area contributed by atoms with Crippen molar-refractivity contribution < 1.29 is 54.5 Å². The lowest BCUT2D eigenvalue weighted by Gasteiger charge is -2.14. The molecule has 0 aliphatic heterocycles. The summed E-state index contributed by atoms with van der Waals surface area (Å²) < 4.78 is 88.1. The molecule has 0 fully saturated rings. The van der Waals surface area contributed by atoms with E-state index in [1.807, 2.05) is 0 Å². The summed E-state index contributed by atoms with van der Waals surface area (Å²) in [6.07, 6.45) is 0. The summed E-state index contributed by atoms with van der Waals surface area (Å²) >= 11 is 0. The maximum atomic E-state index is 12.5. The number of nitrogens with zero attached hydrogens (tertiary/aromatic N) is 4. The van der Waals surface area contributed by atoms with Crippen molar-refractivity contribution in [2.75, 3.05) is 26.4 Å². The van der Waals surface area contributed by atoms with Gasteiger partial charge in [-0.15, -0.1) is 0 Å².